The summed E-state index contributed by atoms with van der Waals surface area (Å²) in [6, 6.07) is 26.0. The summed E-state index contributed by atoms with van der Waals surface area (Å²) >= 11 is 0. The predicted molar refractivity (Wildman–Crippen MR) is 99.5 cm³/mol. The fourth-order valence-corrected chi connectivity index (χ4v) is 2.86. The Balaban J connectivity index is 1.75. The van der Waals surface area contributed by atoms with Gasteiger partial charge in [-0.3, -0.25) is 10.1 Å². The highest BCUT2D eigenvalue weighted by atomic mass is 16.6. The van der Waals surface area contributed by atoms with E-state index in [1.165, 1.54) is 12.1 Å². The molecular formula is C21H14N2O3. The molecule has 126 valence electrons. The lowest BCUT2D eigenvalue weighted by Gasteiger charge is -2.07. The van der Waals surface area contributed by atoms with E-state index in [1.807, 2.05) is 60.7 Å². The first kappa shape index (κ1) is 15.8. The molecule has 0 saturated heterocycles. The number of hydrogen-bond acceptors (Lipinski definition) is 4. The van der Waals surface area contributed by atoms with Crippen LogP contribution in [0, 0.1) is 10.1 Å². The third-order valence-corrected chi connectivity index (χ3v) is 4.16. The van der Waals surface area contributed by atoms with Crippen molar-refractivity contribution in [3.8, 4) is 33.7 Å². The number of rotatable bonds is 4. The first-order valence-corrected chi connectivity index (χ1v) is 8.09. The zero-order valence-electron chi connectivity index (χ0n) is 13.7. The van der Waals surface area contributed by atoms with Crippen LogP contribution in [-0.2, 0) is 0 Å². The summed E-state index contributed by atoms with van der Waals surface area (Å²) in [5.41, 5.74) is 4.48. The molecule has 1 aromatic heterocycles. The zero-order chi connectivity index (χ0) is 17.9. The van der Waals surface area contributed by atoms with E-state index >= 15 is 0 Å². The Morgan fingerprint density at radius 2 is 1.42 bits per heavy atom. The maximum absolute atomic E-state index is 10.9. The van der Waals surface area contributed by atoms with Crippen molar-refractivity contribution in [3.05, 3.63) is 95.0 Å². The number of benzene rings is 3. The summed E-state index contributed by atoms with van der Waals surface area (Å²) in [4.78, 5) is 10.5. The number of aromatic nitrogens is 1. The van der Waals surface area contributed by atoms with Gasteiger partial charge in [0.25, 0.3) is 5.69 Å². The van der Waals surface area contributed by atoms with Crippen LogP contribution in [0.4, 0.5) is 5.69 Å². The number of hydrogen-bond donors (Lipinski definition) is 0. The van der Waals surface area contributed by atoms with E-state index in [-0.39, 0.29) is 5.69 Å². The Morgan fingerprint density at radius 3 is 2.12 bits per heavy atom. The molecule has 0 saturated carbocycles. The van der Waals surface area contributed by atoms with E-state index < -0.39 is 4.92 Å². The monoisotopic (exact) mass is 342 g/mol. The van der Waals surface area contributed by atoms with E-state index in [1.54, 1.807) is 12.1 Å². The van der Waals surface area contributed by atoms with Gasteiger partial charge >= 0.3 is 0 Å². The van der Waals surface area contributed by atoms with Crippen LogP contribution in [0.15, 0.2) is 89.5 Å². The van der Waals surface area contributed by atoms with Gasteiger partial charge < -0.3 is 4.52 Å². The van der Waals surface area contributed by atoms with Crippen LogP contribution < -0.4 is 0 Å². The van der Waals surface area contributed by atoms with Crippen molar-refractivity contribution < 1.29 is 9.45 Å². The lowest BCUT2D eigenvalue weighted by Crippen LogP contribution is -1.88. The lowest BCUT2D eigenvalue weighted by atomic mass is 9.97. The molecule has 26 heavy (non-hydrogen) atoms. The van der Waals surface area contributed by atoms with Crippen molar-refractivity contribution >= 4 is 5.69 Å². The highest BCUT2D eigenvalue weighted by Crippen LogP contribution is 2.34. The third-order valence-electron chi connectivity index (χ3n) is 4.16. The molecule has 4 aromatic rings. The summed E-state index contributed by atoms with van der Waals surface area (Å²) < 4.78 is 5.51. The number of non-ortho nitro benzene ring substituents is 1. The van der Waals surface area contributed by atoms with Gasteiger partial charge in [0, 0.05) is 29.3 Å². The third kappa shape index (κ3) is 2.98. The molecule has 0 radical (unpaired) electrons. The molecule has 0 N–H and O–H groups in total. The lowest BCUT2D eigenvalue weighted by molar-refractivity contribution is -0.384. The maximum atomic E-state index is 10.9. The Bertz CT molecular complexity index is 1050. The zero-order valence-corrected chi connectivity index (χ0v) is 13.7. The fraction of sp³-hybridized carbons (Fsp3) is 0. The van der Waals surface area contributed by atoms with Crippen LogP contribution in [0.3, 0.4) is 0 Å². The van der Waals surface area contributed by atoms with Gasteiger partial charge in [0.1, 0.15) is 5.69 Å². The number of nitro benzene ring substituents is 1. The molecule has 5 nitrogen and oxygen atoms in total. The molecule has 0 aliphatic carbocycles. The molecule has 1 heterocycles. The van der Waals surface area contributed by atoms with Crippen molar-refractivity contribution in [2.24, 2.45) is 0 Å². The normalized spacial score (nSPS) is 10.6. The highest BCUT2D eigenvalue weighted by Gasteiger charge is 2.13. The molecule has 5 heteroatoms. The number of nitro groups is 1. The quantitative estimate of drug-likeness (QED) is 0.358. The summed E-state index contributed by atoms with van der Waals surface area (Å²) in [5, 5.41) is 15.1. The largest absolute Gasteiger partial charge is 0.356 e. The Kier molecular flexibility index (Phi) is 4.03. The first-order chi connectivity index (χ1) is 12.7. The van der Waals surface area contributed by atoms with E-state index in [0.29, 0.717) is 5.76 Å². The minimum absolute atomic E-state index is 0.0685. The van der Waals surface area contributed by atoms with E-state index in [9.17, 15) is 10.1 Å². The van der Waals surface area contributed by atoms with Crippen LogP contribution in [0.1, 0.15) is 0 Å². The van der Waals surface area contributed by atoms with Crippen LogP contribution >= 0.6 is 0 Å². The van der Waals surface area contributed by atoms with Gasteiger partial charge in [-0.15, -0.1) is 0 Å². The summed E-state index contributed by atoms with van der Waals surface area (Å²) in [6.07, 6.45) is 0. The average Bonchev–Trinajstić information content (AvgIpc) is 3.19. The Labute approximate surface area is 149 Å². The molecule has 0 spiro atoms. The predicted octanol–water partition coefficient (Wildman–Crippen LogP) is 5.58. The highest BCUT2D eigenvalue weighted by molar-refractivity contribution is 5.83. The molecule has 0 fully saturated rings. The summed E-state index contributed by atoms with van der Waals surface area (Å²) in [6.45, 7) is 0. The van der Waals surface area contributed by atoms with Crippen LogP contribution in [-0.4, -0.2) is 10.1 Å². The maximum Gasteiger partial charge on any atom is 0.269 e. The molecule has 4 rings (SSSR count). The molecule has 0 amide bonds. The van der Waals surface area contributed by atoms with E-state index in [0.717, 1.165) is 27.9 Å². The minimum atomic E-state index is -0.403. The standard InChI is InChI=1S/C21H14N2O3/c24-23(25)17-12-10-15(11-13-17)18-8-4-5-9-19(18)20-14-21(26-22-20)16-6-2-1-3-7-16/h1-14H. The van der Waals surface area contributed by atoms with Gasteiger partial charge in [-0.2, -0.15) is 0 Å². The minimum Gasteiger partial charge on any atom is -0.356 e. The van der Waals surface area contributed by atoms with Crippen molar-refractivity contribution in [3.63, 3.8) is 0 Å². The van der Waals surface area contributed by atoms with Crippen molar-refractivity contribution in [1.82, 2.24) is 5.16 Å². The molecule has 0 atom stereocenters. The van der Waals surface area contributed by atoms with E-state index in [4.69, 9.17) is 4.52 Å². The van der Waals surface area contributed by atoms with Gasteiger partial charge in [0.2, 0.25) is 0 Å². The van der Waals surface area contributed by atoms with Gasteiger partial charge in [0.15, 0.2) is 5.76 Å². The topological polar surface area (TPSA) is 69.2 Å². The smallest absolute Gasteiger partial charge is 0.269 e. The van der Waals surface area contributed by atoms with Gasteiger partial charge in [-0.05, 0) is 23.3 Å². The second-order valence-electron chi connectivity index (χ2n) is 5.79. The fourth-order valence-electron chi connectivity index (χ4n) is 2.86. The van der Waals surface area contributed by atoms with Crippen LogP contribution in [0.25, 0.3) is 33.7 Å². The number of nitrogens with zero attached hydrogens (tertiary/aromatic N) is 2. The van der Waals surface area contributed by atoms with Crippen molar-refractivity contribution in [2.75, 3.05) is 0 Å². The Hall–Kier alpha value is -3.73. The second kappa shape index (κ2) is 6.64. The van der Waals surface area contributed by atoms with Crippen LogP contribution in [0.2, 0.25) is 0 Å². The first-order valence-electron chi connectivity index (χ1n) is 8.09. The molecule has 0 unspecified atom stereocenters. The van der Waals surface area contributed by atoms with E-state index in [2.05, 4.69) is 5.16 Å². The second-order valence-corrected chi connectivity index (χ2v) is 5.79. The molecule has 0 aliphatic rings. The molecule has 0 bridgehead atoms. The molecular weight excluding hydrogens is 328 g/mol. The van der Waals surface area contributed by atoms with Gasteiger partial charge in [0.05, 0.1) is 4.92 Å². The average molecular weight is 342 g/mol. The summed E-state index contributed by atoms with van der Waals surface area (Å²) in [7, 11) is 0. The molecule has 0 aliphatic heterocycles. The SMILES string of the molecule is O=[N+]([O-])c1ccc(-c2ccccc2-c2cc(-c3ccccc3)on2)cc1. The van der Waals surface area contributed by atoms with Crippen molar-refractivity contribution in [2.45, 2.75) is 0 Å². The molecule has 3 aromatic carbocycles. The summed E-state index contributed by atoms with van der Waals surface area (Å²) in [5.74, 6) is 0.694. The van der Waals surface area contributed by atoms with Gasteiger partial charge in [-0.1, -0.05) is 59.8 Å². The van der Waals surface area contributed by atoms with Crippen molar-refractivity contribution in [1.29, 1.82) is 0 Å². The van der Waals surface area contributed by atoms with Gasteiger partial charge in [-0.25, -0.2) is 0 Å². The van der Waals surface area contributed by atoms with Crippen LogP contribution in [0.5, 0.6) is 0 Å². The Morgan fingerprint density at radius 1 is 0.769 bits per heavy atom.